The Kier molecular flexibility index (Phi) is 7.02. The summed E-state index contributed by atoms with van der Waals surface area (Å²) in [6, 6.07) is 10.2. The third kappa shape index (κ3) is 5.42. The normalized spacial score (nSPS) is 14.7. The predicted molar refractivity (Wildman–Crippen MR) is 127 cm³/mol. The van der Waals surface area contributed by atoms with Gasteiger partial charge in [0.25, 0.3) is 15.9 Å². The zero-order valence-electron chi connectivity index (χ0n) is 18.6. The molecule has 4 rings (SSSR count). The predicted octanol–water partition coefficient (Wildman–Crippen LogP) is 4.13. The molecule has 0 atom stereocenters. The van der Waals surface area contributed by atoms with Crippen LogP contribution in [-0.2, 0) is 10.0 Å². The first-order chi connectivity index (χ1) is 16.5. The fourth-order valence-electron chi connectivity index (χ4n) is 4.05. The number of likely N-dealkylation sites (tertiary alicyclic amines) is 1. The van der Waals surface area contributed by atoms with E-state index in [9.17, 15) is 22.0 Å². The number of amides is 1. The summed E-state index contributed by atoms with van der Waals surface area (Å²) in [6.07, 6.45) is 1.29. The second-order valence-corrected chi connectivity index (χ2v) is 10.1. The number of anilines is 2. The minimum Gasteiger partial charge on any atom is -0.352 e. The molecule has 2 heterocycles. The van der Waals surface area contributed by atoms with Gasteiger partial charge < -0.3 is 10.2 Å². The number of nitrogens with one attached hydrogen (secondary N) is 1. The van der Waals surface area contributed by atoms with Gasteiger partial charge in [0.05, 0.1) is 5.69 Å². The van der Waals surface area contributed by atoms with E-state index in [-0.39, 0.29) is 23.1 Å². The molecule has 0 spiro atoms. The number of hydrogen-bond acceptors (Lipinski definition) is 6. The number of benzene rings is 2. The zero-order chi connectivity index (χ0) is 25.3. The van der Waals surface area contributed by atoms with Crippen LogP contribution < -0.4 is 10.5 Å². The fraction of sp³-hybridized carbons (Fsp3) is 0.261. The largest absolute Gasteiger partial charge is 0.352 e. The van der Waals surface area contributed by atoms with E-state index in [2.05, 4.69) is 15.5 Å². The van der Waals surface area contributed by atoms with Crippen molar-refractivity contribution in [1.29, 1.82) is 0 Å². The lowest BCUT2D eigenvalue weighted by Crippen LogP contribution is -2.39. The Bertz CT molecular complexity index is 1380. The highest BCUT2D eigenvalue weighted by molar-refractivity contribution is 7.89. The first-order valence-corrected chi connectivity index (χ1v) is 12.6. The number of hydrogen-bond donors (Lipinski definition) is 2. The number of carbonyl (C=O) groups is 1. The molecule has 1 aromatic heterocycles. The standard InChI is InChI=1S/C23H22ClF2N5O3S/c1-13-12-17(26)6-7-18(13)28-20-19(24)22(35(27,33)34)30-29-21(20)23(32)31-10-8-15(9-11-31)14-2-4-16(25)5-3-14/h2-7,12,15H,8-11H2,1H3,(H,28,30)(H2,27,33,34). The van der Waals surface area contributed by atoms with Gasteiger partial charge >= 0.3 is 0 Å². The molecule has 0 unspecified atom stereocenters. The number of halogens is 3. The Labute approximate surface area is 206 Å². The van der Waals surface area contributed by atoms with Gasteiger partial charge in [0, 0.05) is 18.8 Å². The summed E-state index contributed by atoms with van der Waals surface area (Å²) in [6.45, 7) is 2.43. The number of piperidine rings is 1. The lowest BCUT2D eigenvalue weighted by molar-refractivity contribution is 0.0706. The number of carbonyl (C=O) groups excluding carboxylic acids is 1. The maximum atomic E-state index is 13.6. The zero-order valence-corrected chi connectivity index (χ0v) is 20.2. The lowest BCUT2D eigenvalue weighted by atomic mass is 9.89. The van der Waals surface area contributed by atoms with Crippen LogP contribution in [-0.4, -0.2) is 42.5 Å². The molecule has 3 N–H and O–H groups in total. The molecule has 1 fully saturated rings. The fourth-order valence-corrected chi connectivity index (χ4v) is 5.05. The van der Waals surface area contributed by atoms with Crippen molar-refractivity contribution in [2.24, 2.45) is 5.14 Å². The van der Waals surface area contributed by atoms with E-state index in [0.717, 1.165) is 5.56 Å². The number of nitrogens with two attached hydrogens (primary N) is 1. The van der Waals surface area contributed by atoms with Crippen LogP contribution in [0.15, 0.2) is 47.5 Å². The van der Waals surface area contributed by atoms with Crippen molar-refractivity contribution >= 4 is 38.9 Å². The number of rotatable bonds is 5. The number of aromatic nitrogens is 2. The van der Waals surface area contributed by atoms with Gasteiger partial charge in [-0.25, -0.2) is 22.3 Å². The Morgan fingerprint density at radius 2 is 1.71 bits per heavy atom. The lowest BCUT2D eigenvalue weighted by Gasteiger charge is -2.32. The van der Waals surface area contributed by atoms with Gasteiger partial charge in [0.2, 0.25) is 5.03 Å². The van der Waals surface area contributed by atoms with E-state index < -0.39 is 31.8 Å². The molecule has 3 aromatic rings. The van der Waals surface area contributed by atoms with Crippen LogP contribution in [0.4, 0.5) is 20.2 Å². The van der Waals surface area contributed by atoms with Crippen molar-refractivity contribution in [3.8, 4) is 0 Å². The van der Waals surface area contributed by atoms with Gasteiger partial charge in [0.1, 0.15) is 16.7 Å². The molecular formula is C23H22ClF2N5O3S. The summed E-state index contributed by atoms with van der Waals surface area (Å²) in [5.41, 5.74) is 1.60. The van der Waals surface area contributed by atoms with E-state index in [1.807, 2.05) is 0 Å². The monoisotopic (exact) mass is 521 g/mol. The molecule has 184 valence electrons. The topological polar surface area (TPSA) is 118 Å². The summed E-state index contributed by atoms with van der Waals surface area (Å²) in [5.74, 6) is -1.10. The highest BCUT2D eigenvalue weighted by atomic mass is 35.5. The molecular weight excluding hydrogens is 500 g/mol. The molecule has 1 aliphatic rings. The van der Waals surface area contributed by atoms with Crippen molar-refractivity contribution in [2.75, 3.05) is 18.4 Å². The van der Waals surface area contributed by atoms with Crippen LogP contribution in [0.5, 0.6) is 0 Å². The molecule has 12 heteroatoms. The molecule has 2 aromatic carbocycles. The maximum Gasteiger partial charge on any atom is 0.276 e. The number of nitrogens with zero attached hydrogens (tertiary/aromatic N) is 3. The molecule has 1 aliphatic heterocycles. The molecule has 8 nitrogen and oxygen atoms in total. The van der Waals surface area contributed by atoms with E-state index in [4.69, 9.17) is 16.7 Å². The van der Waals surface area contributed by atoms with Gasteiger partial charge in [-0.2, -0.15) is 0 Å². The van der Waals surface area contributed by atoms with Crippen molar-refractivity contribution in [1.82, 2.24) is 15.1 Å². The second kappa shape index (κ2) is 9.84. The summed E-state index contributed by atoms with van der Waals surface area (Å²) in [7, 11) is -4.33. The van der Waals surface area contributed by atoms with Crippen molar-refractivity contribution in [3.05, 3.63) is 75.9 Å². The molecule has 0 bridgehead atoms. The minimum atomic E-state index is -4.33. The SMILES string of the molecule is Cc1cc(F)ccc1Nc1c(C(=O)N2CCC(c3ccc(F)cc3)CC2)nnc(S(N)(=O)=O)c1Cl. The Morgan fingerprint density at radius 3 is 2.31 bits per heavy atom. The molecule has 0 saturated carbocycles. The van der Waals surface area contributed by atoms with Crippen LogP contribution in [0.2, 0.25) is 5.02 Å². The molecule has 1 saturated heterocycles. The molecule has 35 heavy (non-hydrogen) atoms. The quantitative estimate of drug-likeness (QED) is 0.521. The Balaban J connectivity index is 1.63. The van der Waals surface area contributed by atoms with Crippen molar-refractivity contribution < 1.29 is 22.0 Å². The Hall–Kier alpha value is -3.15. The van der Waals surface area contributed by atoms with Crippen molar-refractivity contribution in [3.63, 3.8) is 0 Å². The minimum absolute atomic E-state index is 0.0916. The van der Waals surface area contributed by atoms with Crippen LogP contribution in [0.3, 0.4) is 0 Å². The summed E-state index contributed by atoms with van der Waals surface area (Å²) >= 11 is 6.33. The van der Waals surface area contributed by atoms with E-state index in [1.165, 1.54) is 30.3 Å². The van der Waals surface area contributed by atoms with Crippen LogP contribution >= 0.6 is 11.6 Å². The summed E-state index contributed by atoms with van der Waals surface area (Å²) < 4.78 is 50.7. The van der Waals surface area contributed by atoms with Gasteiger partial charge in [-0.15, -0.1) is 10.2 Å². The number of primary sulfonamides is 1. The van der Waals surface area contributed by atoms with Gasteiger partial charge in [-0.3, -0.25) is 4.79 Å². The molecule has 1 amide bonds. The highest BCUT2D eigenvalue weighted by Gasteiger charge is 2.31. The number of sulfonamides is 1. The maximum absolute atomic E-state index is 13.6. The van der Waals surface area contributed by atoms with Crippen LogP contribution in [0.25, 0.3) is 0 Å². The summed E-state index contributed by atoms with van der Waals surface area (Å²) in [5, 5.41) is 14.5. The van der Waals surface area contributed by atoms with Gasteiger partial charge in [-0.1, -0.05) is 23.7 Å². The first-order valence-electron chi connectivity index (χ1n) is 10.7. The average molecular weight is 522 g/mol. The molecule has 0 radical (unpaired) electrons. The second-order valence-electron chi connectivity index (χ2n) is 8.29. The molecule has 0 aliphatic carbocycles. The third-order valence-corrected chi connectivity index (χ3v) is 7.23. The Morgan fingerprint density at radius 1 is 1.09 bits per heavy atom. The van der Waals surface area contributed by atoms with E-state index in [1.54, 1.807) is 24.0 Å². The van der Waals surface area contributed by atoms with Gasteiger partial charge in [-0.05, 0) is 67.1 Å². The first kappa shape index (κ1) is 25.0. The van der Waals surface area contributed by atoms with E-state index >= 15 is 0 Å². The third-order valence-electron chi connectivity index (χ3n) is 5.93. The van der Waals surface area contributed by atoms with Crippen LogP contribution in [0, 0.1) is 18.6 Å². The van der Waals surface area contributed by atoms with E-state index in [0.29, 0.717) is 37.2 Å². The van der Waals surface area contributed by atoms with Crippen LogP contribution in [0.1, 0.15) is 40.4 Å². The highest BCUT2D eigenvalue weighted by Crippen LogP contribution is 2.35. The smallest absolute Gasteiger partial charge is 0.276 e. The van der Waals surface area contributed by atoms with Crippen molar-refractivity contribution in [2.45, 2.75) is 30.7 Å². The summed E-state index contributed by atoms with van der Waals surface area (Å²) in [4.78, 5) is 15.0. The number of aryl methyl sites for hydroxylation is 1. The van der Waals surface area contributed by atoms with Gasteiger partial charge in [0.15, 0.2) is 5.69 Å². The average Bonchev–Trinajstić information content (AvgIpc) is 2.81.